The van der Waals surface area contributed by atoms with E-state index in [1.165, 1.54) is 0 Å². The molecular formula is C30H28N2O7. The minimum atomic E-state index is -0.348. The van der Waals surface area contributed by atoms with Crippen LogP contribution in [0.1, 0.15) is 5.56 Å². The molecule has 0 spiro atoms. The first-order valence-corrected chi connectivity index (χ1v) is 12.8. The van der Waals surface area contributed by atoms with E-state index in [1.807, 2.05) is 42.5 Å². The second-order valence-corrected chi connectivity index (χ2v) is 9.29. The van der Waals surface area contributed by atoms with Gasteiger partial charge in [0.15, 0.2) is 35.2 Å². The maximum absolute atomic E-state index is 12.8. The number of benzene rings is 2. The van der Waals surface area contributed by atoms with Crippen LogP contribution in [0.2, 0.25) is 0 Å². The number of rotatable bonds is 8. The number of hydrogen-bond donors (Lipinski definition) is 0. The fraction of sp³-hybridized carbons (Fsp3) is 0.267. The highest BCUT2D eigenvalue weighted by molar-refractivity contribution is 5.67. The van der Waals surface area contributed by atoms with Crippen molar-refractivity contribution in [3.05, 3.63) is 101 Å². The Morgan fingerprint density at radius 3 is 2.54 bits per heavy atom. The Labute approximate surface area is 225 Å². The van der Waals surface area contributed by atoms with Crippen molar-refractivity contribution in [3.8, 4) is 34.4 Å². The van der Waals surface area contributed by atoms with E-state index in [0.29, 0.717) is 61.6 Å². The molecule has 3 aromatic rings. The van der Waals surface area contributed by atoms with Crippen LogP contribution in [0.5, 0.6) is 23.1 Å². The average molecular weight is 529 g/mol. The lowest BCUT2D eigenvalue weighted by molar-refractivity contribution is -0.0157. The molecule has 0 aliphatic carbocycles. The first-order chi connectivity index (χ1) is 19.1. The molecule has 2 atom stereocenters. The molecule has 6 rings (SSSR count). The van der Waals surface area contributed by atoms with E-state index < -0.39 is 0 Å². The third-order valence-electron chi connectivity index (χ3n) is 6.70. The van der Waals surface area contributed by atoms with Crippen molar-refractivity contribution in [1.82, 2.24) is 9.55 Å². The number of hydrogen-bond acceptors (Lipinski definition) is 8. The molecule has 39 heavy (non-hydrogen) atoms. The van der Waals surface area contributed by atoms with E-state index in [2.05, 4.69) is 18.1 Å². The molecule has 3 aliphatic heterocycles. The quantitative estimate of drug-likeness (QED) is 0.433. The Hall–Kier alpha value is -4.66. The van der Waals surface area contributed by atoms with Crippen LogP contribution in [0, 0.1) is 0 Å². The molecule has 0 bridgehead atoms. The predicted octanol–water partition coefficient (Wildman–Crippen LogP) is 4.06. The van der Waals surface area contributed by atoms with E-state index in [9.17, 15) is 4.79 Å². The molecule has 0 fully saturated rings. The molecule has 2 aromatic carbocycles. The molecule has 0 saturated carbocycles. The molecule has 3 aliphatic rings. The maximum atomic E-state index is 12.8. The van der Waals surface area contributed by atoms with Gasteiger partial charge in [-0.3, -0.25) is 4.57 Å². The van der Waals surface area contributed by atoms with Gasteiger partial charge in [0, 0.05) is 18.2 Å². The van der Waals surface area contributed by atoms with Gasteiger partial charge in [-0.15, -0.1) is 0 Å². The summed E-state index contributed by atoms with van der Waals surface area (Å²) in [5.74, 6) is 3.47. The van der Waals surface area contributed by atoms with Gasteiger partial charge in [-0.2, -0.15) is 4.98 Å². The van der Waals surface area contributed by atoms with Crippen molar-refractivity contribution in [2.75, 3.05) is 26.4 Å². The van der Waals surface area contributed by atoms with Crippen molar-refractivity contribution in [3.63, 3.8) is 0 Å². The Kier molecular flexibility index (Phi) is 6.71. The van der Waals surface area contributed by atoms with E-state index in [-0.39, 0.29) is 30.4 Å². The number of nitrogens with zero attached hydrogens (tertiary/aromatic N) is 2. The zero-order valence-corrected chi connectivity index (χ0v) is 21.3. The minimum absolute atomic E-state index is 0.202. The van der Waals surface area contributed by atoms with Crippen molar-refractivity contribution in [2.24, 2.45) is 0 Å². The Bertz CT molecular complexity index is 1510. The standard InChI is InChI=1S/C30H28N2O7/c1-3-25-26(4-2)38-21(16-35-25)15-34-20-9-10-23-19(13-20)11-12-32-24(23)14-29(31-30(32)33)37-18-22-17-36-27-7-5-6-8-28(27)39-22/h3-10,13-14,21-22H,1-2,11-12,15-18H2. The summed E-state index contributed by atoms with van der Waals surface area (Å²) < 4.78 is 36.8. The van der Waals surface area contributed by atoms with Crippen LogP contribution >= 0.6 is 0 Å². The summed E-state index contributed by atoms with van der Waals surface area (Å²) in [6.45, 7) is 9.23. The van der Waals surface area contributed by atoms with Gasteiger partial charge in [0.2, 0.25) is 5.88 Å². The molecular weight excluding hydrogens is 500 g/mol. The third kappa shape index (κ3) is 5.07. The van der Waals surface area contributed by atoms with Gasteiger partial charge >= 0.3 is 5.69 Å². The first-order valence-electron chi connectivity index (χ1n) is 12.8. The monoisotopic (exact) mass is 528 g/mol. The predicted molar refractivity (Wildman–Crippen MR) is 143 cm³/mol. The lowest BCUT2D eigenvalue weighted by Crippen LogP contribution is -2.35. The third-order valence-corrected chi connectivity index (χ3v) is 6.70. The van der Waals surface area contributed by atoms with Crippen LogP contribution in [-0.2, 0) is 22.4 Å². The van der Waals surface area contributed by atoms with Crippen molar-refractivity contribution in [1.29, 1.82) is 0 Å². The van der Waals surface area contributed by atoms with Gasteiger partial charge < -0.3 is 28.4 Å². The lowest BCUT2D eigenvalue weighted by Gasteiger charge is -2.27. The highest BCUT2D eigenvalue weighted by Crippen LogP contribution is 2.33. The Balaban J connectivity index is 1.13. The lowest BCUT2D eigenvalue weighted by atomic mass is 9.97. The number of fused-ring (bicyclic) bond motifs is 4. The molecule has 200 valence electrons. The van der Waals surface area contributed by atoms with Crippen molar-refractivity contribution >= 4 is 0 Å². The van der Waals surface area contributed by atoms with Crippen LogP contribution in [0.15, 0.2) is 90.2 Å². The van der Waals surface area contributed by atoms with Crippen molar-refractivity contribution in [2.45, 2.75) is 25.2 Å². The maximum Gasteiger partial charge on any atom is 0.351 e. The Morgan fingerprint density at radius 1 is 0.923 bits per heavy atom. The molecule has 0 saturated heterocycles. The normalized spacial score (nSPS) is 19.1. The van der Waals surface area contributed by atoms with E-state index in [0.717, 1.165) is 16.8 Å². The molecule has 1 aromatic heterocycles. The zero-order valence-electron chi connectivity index (χ0n) is 21.3. The Morgan fingerprint density at radius 2 is 1.69 bits per heavy atom. The van der Waals surface area contributed by atoms with Gasteiger partial charge in [-0.1, -0.05) is 25.3 Å². The number of allylic oxidation sites excluding steroid dienone is 2. The molecule has 9 nitrogen and oxygen atoms in total. The SMILES string of the molecule is C=CC1=C(C=C)OC(COc2ccc3c(c2)CCn2c-3cc(OCC3COc4ccccc4O3)nc2=O)CO1. The smallest absolute Gasteiger partial charge is 0.351 e. The fourth-order valence-corrected chi connectivity index (χ4v) is 4.78. The van der Waals surface area contributed by atoms with Crippen molar-refractivity contribution < 1.29 is 28.4 Å². The summed E-state index contributed by atoms with van der Waals surface area (Å²) >= 11 is 0. The van der Waals surface area contributed by atoms with Crippen LogP contribution < -0.4 is 24.6 Å². The summed E-state index contributed by atoms with van der Waals surface area (Å²) in [6, 6.07) is 15.1. The molecule has 0 N–H and O–H groups in total. The van der Waals surface area contributed by atoms with Gasteiger partial charge in [0.1, 0.15) is 32.2 Å². The highest BCUT2D eigenvalue weighted by Gasteiger charge is 2.24. The van der Waals surface area contributed by atoms with E-state index >= 15 is 0 Å². The molecule has 0 amide bonds. The second kappa shape index (κ2) is 10.6. The number of ether oxygens (including phenoxy) is 6. The summed E-state index contributed by atoms with van der Waals surface area (Å²) in [4.78, 5) is 16.9. The van der Waals surface area contributed by atoms with Crippen LogP contribution in [0.25, 0.3) is 11.3 Å². The largest absolute Gasteiger partial charge is 0.490 e. The van der Waals surface area contributed by atoms with E-state index in [4.69, 9.17) is 28.4 Å². The van der Waals surface area contributed by atoms with Crippen LogP contribution in [-0.4, -0.2) is 48.2 Å². The molecule has 4 heterocycles. The summed E-state index contributed by atoms with van der Waals surface area (Å²) in [7, 11) is 0. The van der Waals surface area contributed by atoms with Crippen LogP contribution in [0.4, 0.5) is 0 Å². The van der Waals surface area contributed by atoms with Gasteiger partial charge in [0.25, 0.3) is 0 Å². The molecule has 2 unspecified atom stereocenters. The second-order valence-electron chi connectivity index (χ2n) is 9.29. The number of aromatic nitrogens is 2. The van der Waals surface area contributed by atoms with E-state index in [1.54, 1.807) is 22.8 Å². The van der Waals surface area contributed by atoms with Gasteiger partial charge in [-0.25, -0.2) is 4.79 Å². The number of para-hydroxylation sites is 2. The molecule has 9 heteroatoms. The summed E-state index contributed by atoms with van der Waals surface area (Å²) in [5.41, 5.74) is 2.42. The number of aryl methyl sites for hydroxylation is 1. The zero-order chi connectivity index (χ0) is 26.8. The topological polar surface area (TPSA) is 90.3 Å². The highest BCUT2D eigenvalue weighted by atomic mass is 16.6. The van der Waals surface area contributed by atoms with Gasteiger partial charge in [0.05, 0.1) is 5.69 Å². The summed E-state index contributed by atoms with van der Waals surface area (Å²) in [5, 5.41) is 0. The fourth-order valence-electron chi connectivity index (χ4n) is 4.78. The summed E-state index contributed by atoms with van der Waals surface area (Å²) in [6.07, 6.45) is 3.30. The van der Waals surface area contributed by atoms with Gasteiger partial charge in [-0.05, 0) is 54.5 Å². The minimum Gasteiger partial charge on any atom is -0.490 e. The average Bonchev–Trinajstić information content (AvgIpc) is 2.98. The molecule has 0 radical (unpaired) electrons. The first kappa shape index (κ1) is 24.7. The van der Waals surface area contributed by atoms with Crippen LogP contribution in [0.3, 0.4) is 0 Å².